The van der Waals surface area contributed by atoms with Crippen LogP contribution in [0.2, 0.25) is 0 Å². The lowest BCUT2D eigenvalue weighted by Crippen LogP contribution is -2.25. The number of amides is 1. The Labute approximate surface area is 201 Å². The first-order valence-corrected chi connectivity index (χ1v) is 11.2. The summed E-state index contributed by atoms with van der Waals surface area (Å²) < 4.78 is 22.5. The fourth-order valence-electron chi connectivity index (χ4n) is 2.77. The number of aryl methyl sites for hydroxylation is 2. The van der Waals surface area contributed by atoms with Gasteiger partial charge in [0.2, 0.25) is 0 Å². The molecule has 32 heavy (non-hydrogen) atoms. The molecule has 9 heteroatoms. The minimum Gasteiger partial charge on any atom is -0.490 e. The Morgan fingerprint density at radius 1 is 1.00 bits per heavy atom. The molecule has 172 valence electrons. The molecule has 0 aliphatic rings. The van der Waals surface area contributed by atoms with Gasteiger partial charge in [0.25, 0.3) is 5.91 Å². The molecule has 8 nitrogen and oxygen atoms in total. The largest absolute Gasteiger partial charge is 0.490 e. The second-order valence-electron chi connectivity index (χ2n) is 6.66. The number of hydrogen-bond donors (Lipinski definition) is 1. The van der Waals surface area contributed by atoms with Crippen molar-refractivity contribution in [2.45, 2.75) is 27.7 Å². The van der Waals surface area contributed by atoms with Gasteiger partial charge in [-0.15, -0.1) is 0 Å². The van der Waals surface area contributed by atoms with Crippen molar-refractivity contribution in [2.75, 3.05) is 26.4 Å². The number of ether oxygens (including phenoxy) is 4. The summed E-state index contributed by atoms with van der Waals surface area (Å²) in [7, 11) is 0. The molecule has 0 aliphatic heterocycles. The number of halogens is 1. The molecule has 0 radical (unpaired) electrons. The highest BCUT2D eigenvalue weighted by Gasteiger charge is 2.14. The summed E-state index contributed by atoms with van der Waals surface area (Å²) in [4.78, 5) is 23.7. The van der Waals surface area contributed by atoms with E-state index in [1.54, 1.807) is 19.1 Å². The number of hydrazone groups is 1. The average Bonchev–Trinajstić information content (AvgIpc) is 2.73. The van der Waals surface area contributed by atoms with Crippen LogP contribution < -0.4 is 19.6 Å². The van der Waals surface area contributed by atoms with Crippen LogP contribution in [0.4, 0.5) is 0 Å². The van der Waals surface area contributed by atoms with E-state index >= 15 is 0 Å². The van der Waals surface area contributed by atoms with Crippen molar-refractivity contribution >= 4 is 40.7 Å². The molecule has 0 fully saturated rings. The maximum absolute atomic E-state index is 12.1. The van der Waals surface area contributed by atoms with E-state index < -0.39 is 5.97 Å². The number of para-hydroxylation sites is 1. The molecule has 0 aliphatic carbocycles. The summed E-state index contributed by atoms with van der Waals surface area (Å²) in [5.41, 5.74) is 5.07. The topological polar surface area (TPSA) is 95.5 Å². The van der Waals surface area contributed by atoms with Gasteiger partial charge in [0.15, 0.2) is 24.7 Å². The average molecular weight is 554 g/mol. The predicted octanol–water partition coefficient (Wildman–Crippen LogP) is 3.78. The van der Waals surface area contributed by atoms with E-state index in [1.165, 1.54) is 6.21 Å². The second kappa shape index (κ2) is 12.9. The SMILES string of the molecule is CCOC(=O)COc1c(I)cc(/C=N\NC(=O)COc2c(C)cccc2C)cc1OCC. The van der Waals surface area contributed by atoms with Crippen LogP contribution in [0.5, 0.6) is 17.2 Å². The lowest BCUT2D eigenvalue weighted by atomic mass is 10.1. The molecule has 2 rings (SSSR count). The summed E-state index contributed by atoms with van der Waals surface area (Å²) in [5, 5.41) is 3.99. The van der Waals surface area contributed by atoms with Gasteiger partial charge in [-0.05, 0) is 79.1 Å². The highest BCUT2D eigenvalue weighted by molar-refractivity contribution is 14.1. The van der Waals surface area contributed by atoms with E-state index in [1.807, 2.05) is 39.0 Å². The zero-order valence-electron chi connectivity index (χ0n) is 18.6. The Morgan fingerprint density at radius 3 is 2.34 bits per heavy atom. The molecular formula is C23H27IN2O6. The maximum atomic E-state index is 12.1. The first kappa shape index (κ1) is 25.4. The fourth-order valence-corrected chi connectivity index (χ4v) is 3.56. The Kier molecular flexibility index (Phi) is 10.3. The van der Waals surface area contributed by atoms with Gasteiger partial charge in [0.1, 0.15) is 5.75 Å². The first-order valence-electron chi connectivity index (χ1n) is 10.1. The van der Waals surface area contributed by atoms with E-state index in [9.17, 15) is 9.59 Å². The van der Waals surface area contributed by atoms with Crippen LogP contribution in [0.15, 0.2) is 35.4 Å². The van der Waals surface area contributed by atoms with E-state index in [0.29, 0.717) is 29.4 Å². The van der Waals surface area contributed by atoms with Gasteiger partial charge in [-0.25, -0.2) is 10.2 Å². The Hall–Kier alpha value is -2.82. The Bertz CT molecular complexity index is 957. The Morgan fingerprint density at radius 2 is 1.69 bits per heavy atom. The van der Waals surface area contributed by atoms with Gasteiger partial charge in [0, 0.05) is 0 Å². The van der Waals surface area contributed by atoms with Crippen LogP contribution in [-0.4, -0.2) is 44.5 Å². The number of rotatable bonds is 11. The van der Waals surface area contributed by atoms with Gasteiger partial charge in [-0.2, -0.15) is 5.10 Å². The zero-order chi connectivity index (χ0) is 23.5. The molecule has 0 bridgehead atoms. The second-order valence-corrected chi connectivity index (χ2v) is 7.82. The van der Waals surface area contributed by atoms with Gasteiger partial charge in [-0.3, -0.25) is 4.79 Å². The molecule has 0 saturated carbocycles. The van der Waals surface area contributed by atoms with Gasteiger partial charge < -0.3 is 18.9 Å². The molecule has 1 N–H and O–H groups in total. The summed E-state index contributed by atoms with van der Waals surface area (Å²) in [6, 6.07) is 9.31. The van der Waals surface area contributed by atoms with Crippen LogP contribution in [-0.2, 0) is 14.3 Å². The first-order chi connectivity index (χ1) is 15.3. The van der Waals surface area contributed by atoms with Crippen molar-refractivity contribution in [2.24, 2.45) is 5.10 Å². The number of benzene rings is 2. The molecule has 0 aromatic heterocycles. The van der Waals surface area contributed by atoms with Crippen molar-refractivity contribution in [3.05, 3.63) is 50.6 Å². The summed E-state index contributed by atoms with van der Waals surface area (Å²) in [6.07, 6.45) is 1.50. The minimum absolute atomic E-state index is 0.147. The van der Waals surface area contributed by atoms with Crippen LogP contribution >= 0.6 is 22.6 Å². The highest BCUT2D eigenvalue weighted by Crippen LogP contribution is 2.34. The monoisotopic (exact) mass is 554 g/mol. The zero-order valence-corrected chi connectivity index (χ0v) is 20.7. The smallest absolute Gasteiger partial charge is 0.344 e. The number of carbonyl (C=O) groups is 2. The molecule has 1 amide bonds. The van der Waals surface area contributed by atoms with Crippen LogP contribution in [0.25, 0.3) is 0 Å². The number of esters is 1. The van der Waals surface area contributed by atoms with E-state index in [0.717, 1.165) is 14.7 Å². The quantitative estimate of drug-likeness (QED) is 0.197. The maximum Gasteiger partial charge on any atom is 0.344 e. The third-order valence-corrected chi connectivity index (χ3v) is 4.93. The van der Waals surface area contributed by atoms with Gasteiger partial charge >= 0.3 is 5.97 Å². The van der Waals surface area contributed by atoms with Crippen molar-refractivity contribution in [3.8, 4) is 17.2 Å². The molecule has 2 aromatic carbocycles. The van der Waals surface area contributed by atoms with E-state index in [-0.39, 0.29) is 25.7 Å². The molecule has 0 saturated heterocycles. The third-order valence-electron chi connectivity index (χ3n) is 4.13. The molecule has 0 unspecified atom stereocenters. The summed E-state index contributed by atoms with van der Waals surface area (Å²) in [5.74, 6) is 0.778. The number of nitrogens with one attached hydrogen (secondary N) is 1. The normalized spacial score (nSPS) is 10.7. The summed E-state index contributed by atoms with van der Waals surface area (Å²) in [6.45, 7) is 7.77. The summed E-state index contributed by atoms with van der Waals surface area (Å²) >= 11 is 2.08. The van der Waals surface area contributed by atoms with Crippen LogP contribution in [0.3, 0.4) is 0 Å². The molecular weight excluding hydrogens is 527 g/mol. The van der Waals surface area contributed by atoms with Crippen LogP contribution in [0.1, 0.15) is 30.5 Å². The minimum atomic E-state index is -0.456. The number of hydrogen-bond acceptors (Lipinski definition) is 7. The fraction of sp³-hybridized carbons (Fsp3) is 0.348. The Balaban J connectivity index is 2.00. The van der Waals surface area contributed by atoms with E-state index in [4.69, 9.17) is 18.9 Å². The predicted molar refractivity (Wildman–Crippen MR) is 130 cm³/mol. The number of carbonyl (C=O) groups excluding carboxylic acids is 2. The van der Waals surface area contributed by atoms with Crippen molar-refractivity contribution in [1.82, 2.24) is 5.43 Å². The highest BCUT2D eigenvalue weighted by atomic mass is 127. The van der Waals surface area contributed by atoms with Crippen molar-refractivity contribution in [1.29, 1.82) is 0 Å². The van der Waals surface area contributed by atoms with Gasteiger partial charge in [-0.1, -0.05) is 18.2 Å². The van der Waals surface area contributed by atoms with Crippen LogP contribution in [0, 0.1) is 17.4 Å². The standard InChI is InChI=1S/C23H27IN2O6/c1-5-29-19-11-17(10-18(24)23(19)32-14-21(28)30-6-2)12-25-26-20(27)13-31-22-15(3)8-7-9-16(22)4/h7-12H,5-6,13-14H2,1-4H3,(H,26,27)/b25-12-. The molecule has 0 atom stereocenters. The molecule has 2 aromatic rings. The number of nitrogens with zero attached hydrogens (tertiary/aromatic N) is 1. The van der Waals surface area contributed by atoms with Crippen molar-refractivity contribution < 1.29 is 28.5 Å². The molecule has 0 heterocycles. The van der Waals surface area contributed by atoms with Gasteiger partial charge in [0.05, 0.1) is 23.0 Å². The third kappa shape index (κ3) is 7.70. The lowest BCUT2D eigenvalue weighted by Gasteiger charge is -2.14. The molecule has 0 spiro atoms. The van der Waals surface area contributed by atoms with Crippen molar-refractivity contribution in [3.63, 3.8) is 0 Å². The lowest BCUT2D eigenvalue weighted by molar-refractivity contribution is -0.145. The van der Waals surface area contributed by atoms with E-state index in [2.05, 4.69) is 33.1 Å².